The summed E-state index contributed by atoms with van der Waals surface area (Å²) in [6.45, 7) is 3.00. The van der Waals surface area contributed by atoms with Crippen LogP contribution in [-0.2, 0) is 4.74 Å². The van der Waals surface area contributed by atoms with Crippen LogP contribution in [0.3, 0.4) is 0 Å². The summed E-state index contributed by atoms with van der Waals surface area (Å²) in [7, 11) is 0. The van der Waals surface area contributed by atoms with Gasteiger partial charge in [0.05, 0.1) is 23.7 Å². The van der Waals surface area contributed by atoms with Gasteiger partial charge in [-0.2, -0.15) is 0 Å². The van der Waals surface area contributed by atoms with Gasteiger partial charge in [0.15, 0.2) is 0 Å². The van der Waals surface area contributed by atoms with Gasteiger partial charge in [0.2, 0.25) is 0 Å². The standard InChI is InChI=1S/C11H17N3O/c1-8(11-3-2-6-15-11)14-10-4-5-13-7-9(10)12/h4-5,7-8,11H,2-3,6,12H2,1H3,(H,13,14)/t8-,11-/m0/s1. The molecule has 2 atom stereocenters. The number of rotatable bonds is 3. The van der Waals surface area contributed by atoms with Crippen molar-refractivity contribution in [1.29, 1.82) is 0 Å². The predicted octanol–water partition coefficient (Wildman–Crippen LogP) is 1.64. The molecule has 0 bridgehead atoms. The van der Waals surface area contributed by atoms with Crippen LogP contribution >= 0.6 is 0 Å². The summed E-state index contributed by atoms with van der Waals surface area (Å²) in [6.07, 6.45) is 5.98. The second-order valence-corrected chi connectivity index (χ2v) is 3.95. The van der Waals surface area contributed by atoms with Gasteiger partial charge >= 0.3 is 0 Å². The molecule has 3 N–H and O–H groups in total. The first kappa shape index (κ1) is 10.2. The molecule has 2 rings (SSSR count). The average molecular weight is 207 g/mol. The van der Waals surface area contributed by atoms with E-state index in [0.29, 0.717) is 11.8 Å². The Labute approximate surface area is 89.8 Å². The van der Waals surface area contributed by atoms with Crippen molar-refractivity contribution in [2.24, 2.45) is 0 Å². The van der Waals surface area contributed by atoms with E-state index in [9.17, 15) is 0 Å². The maximum Gasteiger partial charge on any atom is 0.0774 e. The van der Waals surface area contributed by atoms with Crippen molar-refractivity contribution < 1.29 is 4.74 Å². The molecule has 0 aliphatic carbocycles. The van der Waals surface area contributed by atoms with Gasteiger partial charge in [0, 0.05) is 18.8 Å². The van der Waals surface area contributed by atoms with Crippen molar-refractivity contribution in [2.75, 3.05) is 17.7 Å². The Morgan fingerprint density at radius 3 is 3.20 bits per heavy atom. The molecule has 82 valence electrons. The Kier molecular flexibility index (Phi) is 3.06. The SMILES string of the molecule is C[C@H](Nc1ccncc1N)[C@@H]1CCCO1. The summed E-state index contributed by atoms with van der Waals surface area (Å²) in [6, 6.07) is 2.18. The number of nitrogens with one attached hydrogen (secondary N) is 1. The number of nitrogens with two attached hydrogens (primary N) is 1. The van der Waals surface area contributed by atoms with Crippen LogP contribution in [0.1, 0.15) is 19.8 Å². The maximum absolute atomic E-state index is 5.80. The lowest BCUT2D eigenvalue weighted by molar-refractivity contribution is 0.0997. The maximum atomic E-state index is 5.80. The highest BCUT2D eigenvalue weighted by Gasteiger charge is 2.22. The summed E-state index contributed by atoms with van der Waals surface area (Å²) < 4.78 is 5.61. The second-order valence-electron chi connectivity index (χ2n) is 3.95. The van der Waals surface area contributed by atoms with Crippen LogP contribution < -0.4 is 11.1 Å². The molecule has 0 radical (unpaired) electrons. The van der Waals surface area contributed by atoms with Crippen LogP contribution in [0.2, 0.25) is 0 Å². The largest absolute Gasteiger partial charge is 0.396 e. The Morgan fingerprint density at radius 1 is 1.67 bits per heavy atom. The molecule has 2 heterocycles. The van der Waals surface area contributed by atoms with E-state index in [0.717, 1.165) is 25.1 Å². The van der Waals surface area contributed by atoms with Crippen molar-refractivity contribution in [2.45, 2.75) is 31.9 Å². The number of ether oxygens (including phenoxy) is 1. The summed E-state index contributed by atoms with van der Waals surface area (Å²) in [5, 5.41) is 3.36. The van der Waals surface area contributed by atoms with Gasteiger partial charge in [-0.3, -0.25) is 4.98 Å². The van der Waals surface area contributed by atoms with Crippen molar-refractivity contribution in [3.63, 3.8) is 0 Å². The molecule has 0 aromatic carbocycles. The van der Waals surface area contributed by atoms with Crippen LogP contribution in [0.15, 0.2) is 18.5 Å². The number of hydrogen-bond acceptors (Lipinski definition) is 4. The third-order valence-electron chi connectivity index (χ3n) is 2.76. The highest BCUT2D eigenvalue weighted by Crippen LogP contribution is 2.21. The second kappa shape index (κ2) is 4.49. The van der Waals surface area contributed by atoms with E-state index >= 15 is 0 Å². The van der Waals surface area contributed by atoms with Crippen molar-refractivity contribution in [1.82, 2.24) is 4.98 Å². The van der Waals surface area contributed by atoms with Gasteiger partial charge < -0.3 is 15.8 Å². The predicted molar refractivity (Wildman–Crippen MR) is 60.7 cm³/mol. The molecule has 15 heavy (non-hydrogen) atoms. The molecule has 0 amide bonds. The van der Waals surface area contributed by atoms with Gasteiger partial charge in [-0.05, 0) is 25.8 Å². The topological polar surface area (TPSA) is 60.2 Å². The highest BCUT2D eigenvalue weighted by molar-refractivity contribution is 5.64. The quantitative estimate of drug-likeness (QED) is 0.791. The van der Waals surface area contributed by atoms with E-state index in [-0.39, 0.29) is 6.04 Å². The number of anilines is 2. The monoisotopic (exact) mass is 207 g/mol. The number of nitrogens with zero attached hydrogens (tertiary/aromatic N) is 1. The zero-order valence-corrected chi connectivity index (χ0v) is 8.94. The van der Waals surface area contributed by atoms with Crippen LogP contribution in [0, 0.1) is 0 Å². The van der Waals surface area contributed by atoms with Gasteiger partial charge in [-0.25, -0.2) is 0 Å². The van der Waals surface area contributed by atoms with Gasteiger partial charge in [0.25, 0.3) is 0 Å². The molecule has 4 nitrogen and oxygen atoms in total. The van der Waals surface area contributed by atoms with Crippen molar-refractivity contribution >= 4 is 11.4 Å². The Bertz CT molecular complexity index is 323. The van der Waals surface area contributed by atoms with E-state index in [1.165, 1.54) is 0 Å². The first-order valence-corrected chi connectivity index (χ1v) is 5.35. The normalized spacial score (nSPS) is 22.6. The molecule has 0 spiro atoms. The Balaban J connectivity index is 1.99. The summed E-state index contributed by atoms with van der Waals surface area (Å²) >= 11 is 0. The number of hydrogen-bond donors (Lipinski definition) is 2. The molecule has 1 saturated heterocycles. The molecular formula is C11H17N3O. The van der Waals surface area contributed by atoms with Crippen LogP contribution in [0.5, 0.6) is 0 Å². The molecule has 0 saturated carbocycles. The van der Waals surface area contributed by atoms with Gasteiger partial charge in [0.1, 0.15) is 0 Å². The average Bonchev–Trinajstić information content (AvgIpc) is 2.74. The summed E-state index contributed by atoms with van der Waals surface area (Å²) in [5.41, 5.74) is 7.42. The zero-order chi connectivity index (χ0) is 10.7. The van der Waals surface area contributed by atoms with Crippen LogP contribution in [-0.4, -0.2) is 23.7 Å². The van der Waals surface area contributed by atoms with Gasteiger partial charge in [-0.15, -0.1) is 0 Å². The van der Waals surface area contributed by atoms with E-state index in [1.54, 1.807) is 12.4 Å². The first-order valence-electron chi connectivity index (χ1n) is 5.35. The Morgan fingerprint density at radius 2 is 2.53 bits per heavy atom. The van der Waals surface area contributed by atoms with E-state index < -0.39 is 0 Å². The lowest BCUT2D eigenvalue weighted by atomic mass is 10.1. The van der Waals surface area contributed by atoms with Crippen molar-refractivity contribution in [3.8, 4) is 0 Å². The fourth-order valence-electron chi connectivity index (χ4n) is 1.87. The van der Waals surface area contributed by atoms with Crippen molar-refractivity contribution in [3.05, 3.63) is 18.5 Å². The first-order chi connectivity index (χ1) is 7.27. The molecule has 1 aromatic rings. The van der Waals surface area contributed by atoms with Gasteiger partial charge in [-0.1, -0.05) is 0 Å². The van der Waals surface area contributed by atoms with E-state index in [4.69, 9.17) is 10.5 Å². The number of pyridine rings is 1. The van der Waals surface area contributed by atoms with E-state index in [2.05, 4.69) is 17.2 Å². The molecule has 1 aliphatic heterocycles. The third-order valence-corrected chi connectivity index (χ3v) is 2.76. The van der Waals surface area contributed by atoms with Crippen LogP contribution in [0.25, 0.3) is 0 Å². The van der Waals surface area contributed by atoms with Crippen LogP contribution in [0.4, 0.5) is 11.4 Å². The molecular weight excluding hydrogens is 190 g/mol. The molecule has 1 aliphatic rings. The summed E-state index contributed by atoms with van der Waals surface area (Å²) in [4.78, 5) is 3.95. The number of nitrogen functional groups attached to an aromatic ring is 1. The smallest absolute Gasteiger partial charge is 0.0774 e. The molecule has 1 fully saturated rings. The minimum atomic E-state index is 0.289. The fourth-order valence-corrected chi connectivity index (χ4v) is 1.87. The number of aromatic nitrogens is 1. The lowest BCUT2D eigenvalue weighted by Crippen LogP contribution is -2.30. The molecule has 1 aromatic heterocycles. The fraction of sp³-hybridized carbons (Fsp3) is 0.545. The third kappa shape index (κ3) is 2.39. The molecule has 4 heteroatoms. The lowest BCUT2D eigenvalue weighted by Gasteiger charge is -2.21. The molecule has 0 unspecified atom stereocenters. The summed E-state index contributed by atoms with van der Waals surface area (Å²) in [5.74, 6) is 0. The Hall–Kier alpha value is -1.29. The minimum Gasteiger partial charge on any atom is -0.396 e. The minimum absolute atomic E-state index is 0.289. The zero-order valence-electron chi connectivity index (χ0n) is 8.94. The highest BCUT2D eigenvalue weighted by atomic mass is 16.5. The van der Waals surface area contributed by atoms with E-state index in [1.807, 2.05) is 6.07 Å².